The Bertz CT molecular complexity index is 935. The lowest BCUT2D eigenvalue weighted by molar-refractivity contribution is -0.123. The van der Waals surface area contributed by atoms with Crippen LogP contribution in [0.5, 0.6) is 0 Å². The standard InChI is InChI=1S/C18H17NO5S/c1-12-6-5-9-14(10-12)16-15(20)17(18(19)23-16)24-25(21,22)11-13-7-3-2-4-8-13/h2-10,16H,11,19H2,1H3. The molecular weight excluding hydrogens is 342 g/mol. The van der Waals surface area contributed by atoms with Gasteiger partial charge in [-0.05, 0) is 12.5 Å². The van der Waals surface area contributed by atoms with E-state index in [1.165, 1.54) is 0 Å². The molecule has 0 fully saturated rings. The predicted octanol–water partition coefficient (Wildman–Crippen LogP) is 2.31. The second-order valence-corrected chi connectivity index (χ2v) is 7.31. The fraction of sp³-hybridized carbons (Fsp3) is 0.167. The minimum Gasteiger partial charge on any atom is -0.460 e. The van der Waals surface area contributed by atoms with Crippen LogP contribution in [0.3, 0.4) is 0 Å². The lowest BCUT2D eigenvalue weighted by Gasteiger charge is -2.10. The third-order valence-electron chi connectivity index (χ3n) is 3.67. The first-order chi connectivity index (χ1) is 11.9. The van der Waals surface area contributed by atoms with Crippen molar-refractivity contribution in [1.82, 2.24) is 0 Å². The largest absolute Gasteiger partial charge is 0.460 e. The van der Waals surface area contributed by atoms with Gasteiger partial charge in [0.2, 0.25) is 17.4 Å². The number of Topliss-reactive ketones (excluding diaryl/α,β-unsaturated/α-hetero) is 1. The molecular formula is C18H17NO5S. The molecule has 1 aliphatic rings. The highest BCUT2D eigenvalue weighted by Gasteiger charge is 2.39. The smallest absolute Gasteiger partial charge is 0.313 e. The summed E-state index contributed by atoms with van der Waals surface area (Å²) in [4.78, 5) is 12.5. The highest BCUT2D eigenvalue weighted by atomic mass is 32.2. The molecule has 0 saturated heterocycles. The maximum Gasteiger partial charge on any atom is 0.313 e. The monoisotopic (exact) mass is 359 g/mol. The van der Waals surface area contributed by atoms with Crippen LogP contribution in [-0.2, 0) is 29.6 Å². The van der Waals surface area contributed by atoms with Gasteiger partial charge in [0, 0.05) is 5.56 Å². The predicted molar refractivity (Wildman–Crippen MR) is 91.4 cm³/mol. The van der Waals surface area contributed by atoms with Gasteiger partial charge in [-0.15, -0.1) is 0 Å². The Balaban J connectivity index is 1.78. The molecule has 3 rings (SSSR count). The van der Waals surface area contributed by atoms with Crippen LogP contribution in [0.15, 0.2) is 66.2 Å². The Kier molecular flexibility index (Phi) is 4.50. The van der Waals surface area contributed by atoms with Crippen molar-refractivity contribution in [2.75, 3.05) is 0 Å². The SMILES string of the molecule is Cc1cccc(C2OC(N)=C(OS(=O)(=O)Cc3ccccc3)C2=O)c1. The number of aryl methyl sites for hydroxylation is 1. The molecule has 7 heteroatoms. The summed E-state index contributed by atoms with van der Waals surface area (Å²) in [5.74, 6) is -1.78. The first kappa shape index (κ1) is 17.0. The second-order valence-electron chi connectivity index (χ2n) is 5.74. The summed E-state index contributed by atoms with van der Waals surface area (Å²) < 4.78 is 34.8. The fourth-order valence-electron chi connectivity index (χ4n) is 2.54. The molecule has 1 atom stereocenters. The molecule has 2 aromatic rings. The topological polar surface area (TPSA) is 95.7 Å². The third kappa shape index (κ3) is 3.83. The molecule has 0 radical (unpaired) electrons. The molecule has 0 bridgehead atoms. The van der Waals surface area contributed by atoms with E-state index in [1.807, 2.05) is 13.0 Å². The number of ether oxygens (including phenoxy) is 1. The number of nitrogens with two attached hydrogens (primary N) is 1. The van der Waals surface area contributed by atoms with Crippen LogP contribution in [-0.4, -0.2) is 14.2 Å². The van der Waals surface area contributed by atoms with Gasteiger partial charge in [-0.2, -0.15) is 8.42 Å². The van der Waals surface area contributed by atoms with Crippen LogP contribution in [0.2, 0.25) is 0 Å². The molecule has 2 N–H and O–H groups in total. The van der Waals surface area contributed by atoms with E-state index in [2.05, 4.69) is 0 Å². The molecule has 0 saturated carbocycles. The second kappa shape index (κ2) is 6.60. The van der Waals surface area contributed by atoms with Crippen LogP contribution in [0.25, 0.3) is 0 Å². The van der Waals surface area contributed by atoms with E-state index in [-0.39, 0.29) is 11.6 Å². The van der Waals surface area contributed by atoms with Crippen LogP contribution < -0.4 is 5.73 Å². The zero-order valence-corrected chi connectivity index (χ0v) is 14.3. The van der Waals surface area contributed by atoms with Gasteiger partial charge in [-0.1, -0.05) is 60.2 Å². The molecule has 25 heavy (non-hydrogen) atoms. The molecule has 130 valence electrons. The Hall–Kier alpha value is -2.80. The van der Waals surface area contributed by atoms with E-state index >= 15 is 0 Å². The Morgan fingerprint density at radius 2 is 1.84 bits per heavy atom. The molecule has 2 aromatic carbocycles. The molecule has 1 heterocycles. The van der Waals surface area contributed by atoms with Gasteiger partial charge < -0.3 is 14.7 Å². The summed E-state index contributed by atoms with van der Waals surface area (Å²) in [5, 5.41) is 0. The van der Waals surface area contributed by atoms with Gasteiger partial charge in [0.15, 0.2) is 6.10 Å². The molecule has 1 aliphatic heterocycles. The van der Waals surface area contributed by atoms with Gasteiger partial charge in [0.05, 0.1) is 0 Å². The van der Waals surface area contributed by atoms with Crippen molar-refractivity contribution in [3.05, 3.63) is 82.9 Å². The quantitative estimate of drug-likeness (QED) is 0.823. The highest BCUT2D eigenvalue weighted by Crippen LogP contribution is 2.33. The lowest BCUT2D eigenvalue weighted by Crippen LogP contribution is -2.16. The molecule has 0 amide bonds. The van der Waals surface area contributed by atoms with E-state index in [0.29, 0.717) is 11.1 Å². The molecule has 1 unspecified atom stereocenters. The van der Waals surface area contributed by atoms with Crippen molar-refractivity contribution >= 4 is 15.9 Å². The number of carbonyl (C=O) groups is 1. The minimum atomic E-state index is -4.04. The van der Waals surface area contributed by atoms with Crippen molar-refractivity contribution in [2.45, 2.75) is 18.8 Å². The third-order valence-corrected chi connectivity index (χ3v) is 4.78. The number of hydrogen-bond donors (Lipinski definition) is 1. The van der Waals surface area contributed by atoms with Crippen molar-refractivity contribution in [1.29, 1.82) is 0 Å². The van der Waals surface area contributed by atoms with Gasteiger partial charge >= 0.3 is 10.1 Å². The van der Waals surface area contributed by atoms with E-state index in [9.17, 15) is 13.2 Å². The summed E-state index contributed by atoms with van der Waals surface area (Å²) in [6.45, 7) is 1.88. The average Bonchev–Trinajstić information content (AvgIpc) is 2.83. The van der Waals surface area contributed by atoms with E-state index in [1.54, 1.807) is 48.5 Å². The molecule has 0 aromatic heterocycles. The van der Waals surface area contributed by atoms with Crippen LogP contribution in [0, 0.1) is 6.92 Å². The Labute approximate surface area is 146 Å². The van der Waals surface area contributed by atoms with Crippen molar-refractivity contribution in [3.63, 3.8) is 0 Å². The normalized spacial score (nSPS) is 17.5. The van der Waals surface area contributed by atoms with Gasteiger partial charge in [0.1, 0.15) is 5.75 Å². The first-order valence-electron chi connectivity index (χ1n) is 7.59. The Morgan fingerprint density at radius 1 is 1.12 bits per heavy atom. The zero-order chi connectivity index (χ0) is 18.0. The molecule has 0 spiro atoms. The van der Waals surface area contributed by atoms with Gasteiger partial charge in [-0.25, -0.2) is 0 Å². The molecule has 0 aliphatic carbocycles. The fourth-order valence-corrected chi connectivity index (χ4v) is 3.62. The number of ketones is 1. The molecule has 6 nitrogen and oxygen atoms in total. The number of rotatable bonds is 5. The number of carbonyl (C=O) groups excluding carboxylic acids is 1. The van der Waals surface area contributed by atoms with Crippen molar-refractivity contribution < 1.29 is 22.1 Å². The average molecular weight is 359 g/mol. The van der Waals surface area contributed by atoms with Crippen LogP contribution in [0.4, 0.5) is 0 Å². The zero-order valence-electron chi connectivity index (χ0n) is 13.5. The van der Waals surface area contributed by atoms with E-state index < -0.39 is 27.8 Å². The maximum absolute atomic E-state index is 12.5. The van der Waals surface area contributed by atoms with Crippen LogP contribution >= 0.6 is 0 Å². The number of benzene rings is 2. The minimum absolute atomic E-state index is 0.326. The Morgan fingerprint density at radius 3 is 2.52 bits per heavy atom. The highest BCUT2D eigenvalue weighted by molar-refractivity contribution is 7.86. The van der Waals surface area contributed by atoms with E-state index in [4.69, 9.17) is 14.7 Å². The summed E-state index contributed by atoms with van der Waals surface area (Å²) in [7, 11) is -4.04. The summed E-state index contributed by atoms with van der Waals surface area (Å²) in [6, 6.07) is 15.7. The first-order valence-corrected chi connectivity index (χ1v) is 9.17. The van der Waals surface area contributed by atoms with Gasteiger partial charge in [0.25, 0.3) is 0 Å². The number of hydrogen-bond acceptors (Lipinski definition) is 6. The van der Waals surface area contributed by atoms with Crippen LogP contribution in [0.1, 0.15) is 22.8 Å². The lowest BCUT2D eigenvalue weighted by atomic mass is 10.0. The van der Waals surface area contributed by atoms with Crippen molar-refractivity contribution in [3.8, 4) is 0 Å². The van der Waals surface area contributed by atoms with E-state index in [0.717, 1.165) is 5.56 Å². The van der Waals surface area contributed by atoms with Gasteiger partial charge in [-0.3, -0.25) is 4.79 Å². The summed E-state index contributed by atoms with van der Waals surface area (Å²) in [6.07, 6.45) is -0.998. The summed E-state index contributed by atoms with van der Waals surface area (Å²) >= 11 is 0. The maximum atomic E-state index is 12.5. The van der Waals surface area contributed by atoms with Crippen molar-refractivity contribution in [2.24, 2.45) is 5.73 Å². The summed E-state index contributed by atoms with van der Waals surface area (Å²) in [5.41, 5.74) is 7.76.